The highest BCUT2D eigenvalue weighted by Gasteiger charge is 1.84. The second-order valence-corrected chi connectivity index (χ2v) is 2.63. The molecule has 0 bridgehead atoms. The van der Waals surface area contributed by atoms with Crippen molar-refractivity contribution in [3.05, 3.63) is 17.7 Å². The molecule has 1 unspecified atom stereocenters. The standard InChI is InChI=1S/C4H6N2P/c5-4-1-2-7(6)3-4/h1-2H,5-6H2. The minimum absolute atomic E-state index is 0.597. The maximum absolute atomic E-state index is 5.39. The van der Waals surface area contributed by atoms with E-state index in [2.05, 4.69) is 5.80 Å². The Bertz CT molecular complexity index is 142. The van der Waals surface area contributed by atoms with Gasteiger partial charge in [-0.25, -0.2) is 0 Å². The van der Waals surface area contributed by atoms with Crippen LogP contribution in [0.3, 0.4) is 0 Å². The van der Waals surface area contributed by atoms with Gasteiger partial charge in [-0.2, -0.15) is 0 Å². The first kappa shape index (κ1) is 4.69. The molecule has 4 N–H and O–H groups in total. The molecule has 0 saturated carbocycles. The van der Waals surface area contributed by atoms with E-state index in [1.54, 1.807) is 6.07 Å². The van der Waals surface area contributed by atoms with Gasteiger partial charge in [0.1, 0.15) is 0 Å². The minimum atomic E-state index is -0.597. The fourth-order valence-electron chi connectivity index (χ4n) is 0.384. The first-order chi connectivity index (χ1) is 3.29. The van der Waals surface area contributed by atoms with Crippen molar-refractivity contribution in [3.8, 4) is 0 Å². The number of nitrogens with two attached hydrogens (primary N) is 2. The summed E-state index contributed by atoms with van der Waals surface area (Å²) in [5.41, 5.74) is 11.3. The van der Waals surface area contributed by atoms with Gasteiger partial charge in [-0.1, -0.05) is 0 Å². The Morgan fingerprint density at radius 2 is 2.43 bits per heavy atom. The lowest BCUT2D eigenvalue weighted by molar-refractivity contribution is 1.88. The lowest BCUT2D eigenvalue weighted by atomic mass is 10.6. The molecule has 1 heterocycles. The third-order valence-electron chi connectivity index (χ3n) is 0.673. The number of nitrogen functional groups attached to an aromatic ring is 2. The Morgan fingerprint density at radius 3 is 2.57 bits per heavy atom. The Balaban J connectivity index is 3.04. The third kappa shape index (κ3) is 0.952. The fraction of sp³-hybridized carbons (Fsp3) is 0. The van der Waals surface area contributed by atoms with Crippen molar-refractivity contribution in [3.63, 3.8) is 0 Å². The van der Waals surface area contributed by atoms with E-state index in [0.29, 0.717) is 5.69 Å². The first-order valence-electron chi connectivity index (χ1n) is 1.90. The van der Waals surface area contributed by atoms with Crippen molar-refractivity contribution in [2.45, 2.75) is 0 Å². The summed E-state index contributed by atoms with van der Waals surface area (Å²) in [5, 5.41) is 0. The van der Waals surface area contributed by atoms with Gasteiger partial charge in [-0.15, -0.1) is 0 Å². The normalized spacial score (nSPS) is 11.9. The molecule has 0 spiro atoms. The molecule has 3 heteroatoms. The molecule has 1 atom stereocenters. The van der Waals surface area contributed by atoms with Crippen LogP contribution < -0.4 is 11.2 Å². The van der Waals surface area contributed by atoms with Crippen LogP contribution in [0.15, 0.2) is 11.9 Å². The van der Waals surface area contributed by atoms with Crippen molar-refractivity contribution < 1.29 is 0 Å². The maximum atomic E-state index is 5.39. The summed E-state index contributed by atoms with van der Waals surface area (Å²) in [6.45, 7) is 0. The third-order valence-corrected chi connectivity index (χ3v) is 1.66. The maximum Gasteiger partial charge on any atom is 0.0454 e. The summed E-state index contributed by atoms with van der Waals surface area (Å²) in [6, 6.07) is 1.78. The van der Waals surface area contributed by atoms with Gasteiger partial charge in [0.15, 0.2) is 0 Å². The van der Waals surface area contributed by atoms with E-state index in [4.69, 9.17) is 11.2 Å². The fourth-order valence-corrected chi connectivity index (χ4v) is 1.15. The molecular formula is C4H6N2P. The topological polar surface area (TPSA) is 52.0 Å². The van der Waals surface area contributed by atoms with Crippen LogP contribution in [0.1, 0.15) is 0 Å². The molecule has 0 aliphatic heterocycles. The summed E-state index contributed by atoms with van der Waals surface area (Å²) in [6.07, 6.45) is 0. The Hall–Kier alpha value is -0.460. The predicted octanol–water partition coefficient (Wildman–Crippen LogP) is 0.769. The van der Waals surface area contributed by atoms with Gasteiger partial charge in [0.2, 0.25) is 0 Å². The van der Waals surface area contributed by atoms with Crippen molar-refractivity contribution in [2.24, 2.45) is 0 Å². The predicted molar refractivity (Wildman–Crippen MR) is 32.5 cm³/mol. The zero-order chi connectivity index (χ0) is 5.28. The Labute approximate surface area is 43.2 Å². The number of anilines is 1. The molecule has 1 aromatic heterocycles. The van der Waals surface area contributed by atoms with Crippen molar-refractivity contribution >= 4 is 13.4 Å². The van der Waals surface area contributed by atoms with E-state index in [-0.39, 0.29) is 0 Å². The van der Waals surface area contributed by atoms with Crippen LogP contribution in [0.2, 0.25) is 0 Å². The van der Waals surface area contributed by atoms with Crippen molar-refractivity contribution in [1.82, 2.24) is 0 Å². The van der Waals surface area contributed by atoms with Gasteiger partial charge in [-0.3, -0.25) is 5.50 Å². The van der Waals surface area contributed by atoms with Crippen LogP contribution >= 0.6 is 7.68 Å². The molecule has 0 saturated heterocycles. The van der Waals surface area contributed by atoms with Crippen LogP contribution in [0, 0.1) is 5.80 Å². The van der Waals surface area contributed by atoms with Gasteiger partial charge in [-0.05, 0) is 19.5 Å². The van der Waals surface area contributed by atoms with E-state index in [0.717, 1.165) is 0 Å². The van der Waals surface area contributed by atoms with Crippen LogP contribution in [0.25, 0.3) is 0 Å². The lowest BCUT2D eigenvalue weighted by Gasteiger charge is -1.73. The average Bonchev–Trinajstić information content (AvgIpc) is 1.87. The largest absolute Gasteiger partial charge is 0.398 e. The molecule has 2 nitrogen and oxygen atoms in total. The quantitative estimate of drug-likeness (QED) is 0.522. The average molecular weight is 113 g/mol. The van der Waals surface area contributed by atoms with Gasteiger partial charge < -0.3 is 5.73 Å². The van der Waals surface area contributed by atoms with E-state index in [1.807, 2.05) is 5.80 Å². The molecule has 0 aromatic carbocycles. The van der Waals surface area contributed by atoms with Gasteiger partial charge in [0.25, 0.3) is 0 Å². The smallest absolute Gasteiger partial charge is 0.0454 e. The molecule has 0 aliphatic rings. The van der Waals surface area contributed by atoms with Gasteiger partial charge in [0, 0.05) is 11.5 Å². The second kappa shape index (κ2) is 1.57. The SMILES string of the molecule is Nc1[c]p(N)cc1. The zero-order valence-corrected chi connectivity index (χ0v) is 4.65. The summed E-state index contributed by atoms with van der Waals surface area (Å²) >= 11 is 0. The van der Waals surface area contributed by atoms with Gasteiger partial charge >= 0.3 is 0 Å². The Morgan fingerprint density at radius 1 is 1.71 bits per heavy atom. The molecule has 0 aliphatic carbocycles. The number of hydrogen-bond donors (Lipinski definition) is 2. The molecule has 7 heavy (non-hydrogen) atoms. The van der Waals surface area contributed by atoms with Crippen LogP contribution in [-0.4, -0.2) is 0 Å². The molecule has 0 fully saturated rings. The summed E-state index contributed by atoms with van der Waals surface area (Å²) in [4.78, 5) is 0. The Kier molecular flexibility index (Phi) is 1.05. The summed E-state index contributed by atoms with van der Waals surface area (Å²) in [7, 11) is -0.597. The second-order valence-electron chi connectivity index (χ2n) is 1.29. The van der Waals surface area contributed by atoms with Gasteiger partial charge in [0.05, 0.1) is 0 Å². The highest BCUT2D eigenvalue weighted by atomic mass is 31.1. The summed E-state index contributed by atoms with van der Waals surface area (Å²) in [5.74, 6) is 4.71. The van der Waals surface area contributed by atoms with E-state index >= 15 is 0 Å². The minimum Gasteiger partial charge on any atom is -0.398 e. The number of rotatable bonds is 0. The van der Waals surface area contributed by atoms with Crippen molar-refractivity contribution in [1.29, 1.82) is 0 Å². The molecule has 37 valence electrons. The molecular weight excluding hydrogens is 107 g/mol. The van der Waals surface area contributed by atoms with E-state index in [9.17, 15) is 0 Å². The lowest BCUT2D eigenvalue weighted by Crippen LogP contribution is -1.76. The molecule has 1 aromatic rings. The number of hydrogen-bond acceptors (Lipinski definition) is 2. The van der Waals surface area contributed by atoms with E-state index in [1.165, 1.54) is 0 Å². The summed E-state index contributed by atoms with van der Waals surface area (Å²) < 4.78 is 0. The zero-order valence-electron chi connectivity index (χ0n) is 3.76. The monoisotopic (exact) mass is 113 g/mol. The van der Waals surface area contributed by atoms with Crippen molar-refractivity contribution in [2.75, 3.05) is 11.2 Å². The molecule has 1 rings (SSSR count). The van der Waals surface area contributed by atoms with Crippen LogP contribution in [0.5, 0.6) is 0 Å². The highest BCUT2D eigenvalue weighted by Crippen LogP contribution is 2.19. The van der Waals surface area contributed by atoms with Crippen LogP contribution in [-0.2, 0) is 0 Å². The first-order valence-corrected chi connectivity index (χ1v) is 3.38. The van der Waals surface area contributed by atoms with E-state index < -0.39 is 7.68 Å². The highest BCUT2D eigenvalue weighted by molar-refractivity contribution is 7.47. The molecule has 0 amide bonds. The van der Waals surface area contributed by atoms with Crippen LogP contribution in [0.4, 0.5) is 5.69 Å². The molecule has 1 radical (unpaired) electrons.